The van der Waals surface area contributed by atoms with Crippen LogP contribution in [0.3, 0.4) is 0 Å². The molecule has 3 heterocycles. The van der Waals surface area contributed by atoms with Crippen molar-refractivity contribution in [1.82, 2.24) is 19.8 Å². The summed E-state index contributed by atoms with van der Waals surface area (Å²) in [7, 11) is 2.09. The van der Waals surface area contributed by atoms with Gasteiger partial charge in [-0.2, -0.15) is 4.98 Å². The molecule has 0 saturated carbocycles. The molecule has 2 N–H and O–H groups in total. The average Bonchev–Trinajstić information content (AvgIpc) is 3.09. The van der Waals surface area contributed by atoms with E-state index >= 15 is 0 Å². The van der Waals surface area contributed by atoms with Gasteiger partial charge in [-0.15, -0.1) is 0 Å². The molecule has 9 heteroatoms. The van der Waals surface area contributed by atoms with E-state index in [0.29, 0.717) is 19.0 Å². The number of nitrogens with zero attached hydrogens (tertiary/aromatic N) is 4. The first-order chi connectivity index (χ1) is 15.2. The third kappa shape index (κ3) is 5.45. The third-order valence-corrected chi connectivity index (χ3v) is 5.50. The van der Waals surface area contributed by atoms with Gasteiger partial charge in [0.1, 0.15) is 5.60 Å². The van der Waals surface area contributed by atoms with Crippen LogP contribution in [0.2, 0.25) is 0 Å². The van der Waals surface area contributed by atoms with E-state index in [-0.39, 0.29) is 18.0 Å². The smallest absolute Gasteiger partial charge is 0.410 e. The third-order valence-electron chi connectivity index (χ3n) is 5.50. The maximum atomic E-state index is 14.4. The highest BCUT2D eigenvalue weighted by atomic mass is 19.1. The van der Waals surface area contributed by atoms with Gasteiger partial charge in [0, 0.05) is 37.9 Å². The zero-order valence-electron chi connectivity index (χ0n) is 19.1. The zero-order chi connectivity index (χ0) is 22.9. The van der Waals surface area contributed by atoms with Crippen LogP contribution >= 0.6 is 0 Å². The van der Waals surface area contributed by atoms with E-state index in [2.05, 4.69) is 44.7 Å². The summed E-state index contributed by atoms with van der Waals surface area (Å²) in [4.78, 5) is 24.7. The largest absolute Gasteiger partial charge is 0.444 e. The number of amides is 1. The Morgan fingerprint density at radius 3 is 2.81 bits per heavy atom. The van der Waals surface area contributed by atoms with Crippen LogP contribution < -0.4 is 10.6 Å². The molecule has 4 rings (SSSR count). The minimum absolute atomic E-state index is 0.121. The van der Waals surface area contributed by atoms with Crippen molar-refractivity contribution in [2.24, 2.45) is 0 Å². The molecular weight excluding hydrogens is 411 g/mol. The predicted octanol–water partition coefficient (Wildman–Crippen LogP) is 4.12. The Morgan fingerprint density at radius 1 is 1.25 bits per heavy atom. The van der Waals surface area contributed by atoms with Gasteiger partial charge in [0.15, 0.2) is 11.6 Å². The molecule has 0 bridgehead atoms. The molecule has 32 heavy (non-hydrogen) atoms. The number of benzene rings is 1. The zero-order valence-corrected chi connectivity index (χ0v) is 19.1. The fraction of sp³-hybridized carbons (Fsp3) is 0.522. The van der Waals surface area contributed by atoms with Gasteiger partial charge in [-0.25, -0.2) is 14.2 Å². The molecule has 0 unspecified atom stereocenters. The van der Waals surface area contributed by atoms with Crippen molar-refractivity contribution in [2.75, 3.05) is 30.8 Å². The number of carbonyl (C=O) groups excluding carboxylic acids is 1. The van der Waals surface area contributed by atoms with Crippen molar-refractivity contribution in [3.63, 3.8) is 0 Å². The summed E-state index contributed by atoms with van der Waals surface area (Å²) in [6.07, 6.45) is 2.42. The molecule has 1 amide bonds. The molecular formula is C23H31FN6O2. The summed E-state index contributed by atoms with van der Waals surface area (Å²) in [6.45, 7) is 8.42. The van der Waals surface area contributed by atoms with E-state index in [1.54, 1.807) is 4.90 Å². The van der Waals surface area contributed by atoms with Gasteiger partial charge >= 0.3 is 6.09 Å². The van der Waals surface area contributed by atoms with Crippen LogP contribution in [0.4, 0.5) is 26.6 Å². The molecule has 1 atom stereocenters. The van der Waals surface area contributed by atoms with E-state index in [0.717, 1.165) is 37.8 Å². The maximum Gasteiger partial charge on any atom is 0.410 e. The normalized spacial score (nSPS) is 18.9. The molecule has 2 aromatic rings. The number of aromatic nitrogens is 2. The fourth-order valence-electron chi connectivity index (χ4n) is 4.08. The van der Waals surface area contributed by atoms with Gasteiger partial charge < -0.3 is 20.3 Å². The summed E-state index contributed by atoms with van der Waals surface area (Å²) in [5, 5.41) is 6.32. The number of piperidine rings is 1. The highest BCUT2D eigenvalue weighted by Gasteiger charge is 2.28. The van der Waals surface area contributed by atoms with Gasteiger partial charge in [0.2, 0.25) is 5.95 Å². The molecule has 2 aliphatic rings. The summed E-state index contributed by atoms with van der Waals surface area (Å²) in [5.74, 6) is -0.0834. The van der Waals surface area contributed by atoms with E-state index in [1.165, 1.54) is 11.1 Å². The number of likely N-dealkylation sites (tertiary alicyclic amines) is 1. The summed E-state index contributed by atoms with van der Waals surface area (Å²) < 4.78 is 19.9. The molecule has 1 aromatic carbocycles. The first-order valence-electron chi connectivity index (χ1n) is 11.0. The molecule has 0 spiro atoms. The van der Waals surface area contributed by atoms with Gasteiger partial charge in [0.05, 0.1) is 6.20 Å². The lowest BCUT2D eigenvalue weighted by Crippen LogP contribution is -2.47. The second-order valence-electron chi connectivity index (χ2n) is 9.58. The number of hydrogen-bond donors (Lipinski definition) is 2. The van der Waals surface area contributed by atoms with Crippen molar-refractivity contribution in [3.05, 3.63) is 41.3 Å². The number of anilines is 3. The highest BCUT2D eigenvalue weighted by Crippen LogP contribution is 2.26. The van der Waals surface area contributed by atoms with E-state index in [1.807, 2.05) is 26.8 Å². The first-order valence-corrected chi connectivity index (χ1v) is 11.0. The molecule has 8 nitrogen and oxygen atoms in total. The molecule has 0 radical (unpaired) electrons. The Morgan fingerprint density at radius 2 is 2.03 bits per heavy atom. The Kier molecular flexibility index (Phi) is 6.19. The van der Waals surface area contributed by atoms with Gasteiger partial charge in [-0.3, -0.25) is 4.90 Å². The Bertz CT molecular complexity index is 993. The number of nitrogens with one attached hydrogen (secondary N) is 2. The van der Waals surface area contributed by atoms with Crippen molar-refractivity contribution in [1.29, 1.82) is 0 Å². The maximum absolute atomic E-state index is 14.4. The second-order valence-corrected chi connectivity index (χ2v) is 9.58. The number of carbonyl (C=O) groups is 1. The quantitative estimate of drug-likeness (QED) is 0.737. The number of fused-ring (bicyclic) bond motifs is 1. The summed E-state index contributed by atoms with van der Waals surface area (Å²) >= 11 is 0. The number of hydrogen-bond acceptors (Lipinski definition) is 7. The summed E-state index contributed by atoms with van der Waals surface area (Å²) in [5.41, 5.74) is 2.89. The monoisotopic (exact) mass is 442 g/mol. The number of rotatable bonds is 4. The van der Waals surface area contributed by atoms with Crippen LogP contribution in [0.15, 0.2) is 24.4 Å². The van der Waals surface area contributed by atoms with Gasteiger partial charge in [-0.1, -0.05) is 6.07 Å². The summed E-state index contributed by atoms with van der Waals surface area (Å²) in [6, 6.07) is 6.04. The fourth-order valence-corrected chi connectivity index (χ4v) is 4.08. The van der Waals surface area contributed by atoms with Crippen molar-refractivity contribution in [2.45, 2.75) is 58.3 Å². The van der Waals surface area contributed by atoms with E-state index in [4.69, 9.17) is 4.74 Å². The van der Waals surface area contributed by atoms with Crippen LogP contribution in [-0.4, -0.2) is 57.6 Å². The molecule has 1 saturated heterocycles. The lowest BCUT2D eigenvalue weighted by atomic mass is 10.1. The van der Waals surface area contributed by atoms with Crippen molar-refractivity contribution < 1.29 is 13.9 Å². The second kappa shape index (κ2) is 8.90. The molecule has 2 aliphatic heterocycles. The van der Waals surface area contributed by atoms with Crippen LogP contribution in [0.5, 0.6) is 0 Å². The van der Waals surface area contributed by atoms with Crippen LogP contribution in [-0.2, 0) is 17.8 Å². The molecule has 1 fully saturated rings. The van der Waals surface area contributed by atoms with Crippen LogP contribution in [0, 0.1) is 5.82 Å². The Hall–Kier alpha value is -2.94. The van der Waals surface area contributed by atoms with E-state index < -0.39 is 11.4 Å². The SMILES string of the molecule is CN1Cc2ccc(Nc3ncc(F)c(N[C@@H]4CCCN(C(=O)OC(C)(C)C)C4)n3)cc2C1. The molecule has 1 aromatic heterocycles. The van der Waals surface area contributed by atoms with Crippen LogP contribution in [0.1, 0.15) is 44.7 Å². The number of ether oxygens (including phenoxy) is 1. The lowest BCUT2D eigenvalue weighted by molar-refractivity contribution is 0.0206. The Labute approximate surface area is 188 Å². The van der Waals surface area contributed by atoms with E-state index in [9.17, 15) is 9.18 Å². The standard InChI is InChI=1S/C23H31FN6O2/c1-23(2,3)32-22(31)30-9-5-6-18(14-30)26-20-19(24)11-25-21(28-20)27-17-8-7-15-12-29(4)13-16(15)10-17/h7-8,10-11,18H,5-6,9,12-14H2,1-4H3,(H2,25,26,27,28)/t18-/m1/s1. The minimum atomic E-state index is -0.552. The number of halogens is 1. The Balaban J connectivity index is 1.42. The van der Waals surface area contributed by atoms with Crippen molar-refractivity contribution in [3.8, 4) is 0 Å². The lowest BCUT2D eigenvalue weighted by Gasteiger charge is -2.34. The van der Waals surface area contributed by atoms with Gasteiger partial charge in [0.25, 0.3) is 0 Å². The molecule has 0 aliphatic carbocycles. The topological polar surface area (TPSA) is 82.6 Å². The first kappa shape index (κ1) is 22.3. The minimum Gasteiger partial charge on any atom is -0.444 e. The highest BCUT2D eigenvalue weighted by molar-refractivity contribution is 5.68. The average molecular weight is 443 g/mol. The predicted molar refractivity (Wildman–Crippen MR) is 121 cm³/mol. The van der Waals surface area contributed by atoms with Crippen LogP contribution in [0.25, 0.3) is 0 Å². The molecule has 172 valence electrons. The van der Waals surface area contributed by atoms with Gasteiger partial charge in [-0.05, 0) is 63.9 Å². The van der Waals surface area contributed by atoms with Crippen molar-refractivity contribution >= 4 is 23.5 Å².